The molecule has 3 aliphatic rings. The van der Waals surface area contributed by atoms with E-state index in [0.29, 0.717) is 12.8 Å². The van der Waals surface area contributed by atoms with Crippen molar-refractivity contribution in [1.82, 2.24) is 15.1 Å². The maximum absolute atomic E-state index is 12.8. The van der Waals surface area contributed by atoms with Gasteiger partial charge in [-0.2, -0.15) is 0 Å². The van der Waals surface area contributed by atoms with E-state index in [0.717, 1.165) is 24.2 Å². The van der Waals surface area contributed by atoms with Crippen LogP contribution in [0.4, 0.5) is 4.79 Å². The van der Waals surface area contributed by atoms with Crippen LogP contribution in [0.1, 0.15) is 39.0 Å². The average molecular weight is 429 g/mol. The highest BCUT2D eigenvalue weighted by Gasteiger charge is 2.55. The summed E-state index contributed by atoms with van der Waals surface area (Å²) in [5.74, 6) is -1.92. The third-order valence-electron chi connectivity index (χ3n) is 6.29. The van der Waals surface area contributed by atoms with Gasteiger partial charge in [-0.25, -0.2) is 13.2 Å². The van der Waals surface area contributed by atoms with E-state index < -0.39 is 58.4 Å². The smallest absolute Gasteiger partial charge is 0.326 e. The van der Waals surface area contributed by atoms with Crippen molar-refractivity contribution in [3.05, 3.63) is 0 Å². The van der Waals surface area contributed by atoms with Gasteiger partial charge in [0.05, 0.1) is 11.5 Å². The summed E-state index contributed by atoms with van der Waals surface area (Å²) in [7, 11) is -1.68. The van der Waals surface area contributed by atoms with E-state index in [1.807, 2.05) is 6.92 Å². The Hall–Kier alpha value is -2.17. The first kappa shape index (κ1) is 21.5. The van der Waals surface area contributed by atoms with Crippen molar-refractivity contribution in [2.24, 2.45) is 5.92 Å². The number of rotatable bonds is 5. The van der Waals surface area contributed by atoms with Crippen LogP contribution in [0.25, 0.3) is 0 Å². The van der Waals surface area contributed by atoms with Gasteiger partial charge in [-0.15, -0.1) is 0 Å². The molecule has 2 saturated heterocycles. The predicted octanol–water partition coefficient (Wildman–Crippen LogP) is -0.324. The molecule has 3 rings (SSSR count). The lowest BCUT2D eigenvalue weighted by atomic mass is 9.73. The standard InChI is InChI=1S/C18H27N3O7S/c1-12-5-3-4-7-18(12)16(24)21(17(25)19-18)9-15(23)28-10-14(22)20(2)13-6-8-29(26,27)11-13/h12-13H,3-11H2,1-2H3,(H,19,25). The van der Waals surface area contributed by atoms with Crippen molar-refractivity contribution in [3.63, 3.8) is 0 Å². The van der Waals surface area contributed by atoms with Gasteiger partial charge in [0.2, 0.25) is 0 Å². The number of carbonyl (C=O) groups excluding carboxylic acids is 4. The average Bonchev–Trinajstić information content (AvgIpc) is 3.14. The Bertz CT molecular complexity index is 827. The molecule has 29 heavy (non-hydrogen) atoms. The van der Waals surface area contributed by atoms with Crippen LogP contribution in [-0.2, 0) is 29.0 Å². The molecule has 0 radical (unpaired) electrons. The van der Waals surface area contributed by atoms with Gasteiger partial charge in [0, 0.05) is 13.1 Å². The fraction of sp³-hybridized carbons (Fsp3) is 0.778. The van der Waals surface area contributed by atoms with Crippen LogP contribution in [0.5, 0.6) is 0 Å². The first-order chi connectivity index (χ1) is 13.6. The van der Waals surface area contributed by atoms with Crippen LogP contribution >= 0.6 is 0 Å². The molecule has 1 spiro atoms. The molecule has 162 valence electrons. The number of carbonyl (C=O) groups is 4. The molecule has 1 saturated carbocycles. The van der Waals surface area contributed by atoms with Crippen molar-refractivity contribution in [1.29, 1.82) is 0 Å². The summed E-state index contributed by atoms with van der Waals surface area (Å²) in [5.41, 5.74) is -0.959. The van der Waals surface area contributed by atoms with Gasteiger partial charge in [-0.05, 0) is 25.2 Å². The SMILES string of the molecule is CC1CCCCC12NC(=O)N(CC(=O)OCC(=O)N(C)C1CCS(=O)(=O)C1)C2=O. The van der Waals surface area contributed by atoms with Crippen LogP contribution in [-0.4, -0.2) is 85.3 Å². The van der Waals surface area contributed by atoms with Gasteiger partial charge >= 0.3 is 12.0 Å². The topological polar surface area (TPSA) is 130 Å². The van der Waals surface area contributed by atoms with E-state index in [4.69, 9.17) is 4.74 Å². The van der Waals surface area contributed by atoms with Crippen molar-refractivity contribution < 1.29 is 32.3 Å². The Kier molecular flexibility index (Phi) is 5.88. The second-order valence-electron chi connectivity index (χ2n) is 8.16. The fourth-order valence-corrected chi connectivity index (χ4v) is 6.12. The third kappa shape index (κ3) is 4.24. The molecule has 2 aliphatic heterocycles. The zero-order chi connectivity index (χ0) is 21.4. The van der Waals surface area contributed by atoms with E-state index in [9.17, 15) is 27.6 Å². The number of urea groups is 1. The van der Waals surface area contributed by atoms with Crippen LogP contribution < -0.4 is 5.32 Å². The number of ether oxygens (including phenoxy) is 1. The first-order valence-corrected chi connectivity index (χ1v) is 11.6. The van der Waals surface area contributed by atoms with Crippen molar-refractivity contribution >= 4 is 33.7 Å². The highest BCUT2D eigenvalue weighted by Crippen LogP contribution is 2.38. The summed E-state index contributed by atoms with van der Waals surface area (Å²) in [6, 6.07) is -1.06. The van der Waals surface area contributed by atoms with Crippen LogP contribution in [0.15, 0.2) is 0 Å². The number of nitrogens with one attached hydrogen (secondary N) is 1. The maximum atomic E-state index is 12.8. The van der Waals surface area contributed by atoms with Crippen LogP contribution in [0.2, 0.25) is 0 Å². The lowest BCUT2D eigenvalue weighted by molar-refractivity contribution is -0.154. The zero-order valence-corrected chi connectivity index (χ0v) is 17.5. The molecule has 0 aromatic rings. The number of amides is 4. The molecule has 11 heteroatoms. The Balaban J connectivity index is 1.52. The molecule has 3 fully saturated rings. The van der Waals surface area contributed by atoms with Gasteiger partial charge in [-0.3, -0.25) is 19.3 Å². The molecule has 4 amide bonds. The maximum Gasteiger partial charge on any atom is 0.326 e. The Morgan fingerprint density at radius 1 is 1.28 bits per heavy atom. The number of hydrogen-bond acceptors (Lipinski definition) is 7. The second-order valence-corrected chi connectivity index (χ2v) is 10.4. The lowest BCUT2D eigenvalue weighted by Crippen LogP contribution is -2.54. The first-order valence-electron chi connectivity index (χ1n) is 9.81. The van der Waals surface area contributed by atoms with E-state index in [1.54, 1.807) is 0 Å². The van der Waals surface area contributed by atoms with Crippen molar-refractivity contribution in [3.8, 4) is 0 Å². The van der Waals surface area contributed by atoms with Crippen LogP contribution in [0.3, 0.4) is 0 Å². The highest BCUT2D eigenvalue weighted by molar-refractivity contribution is 7.91. The summed E-state index contributed by atoms with van der Waals surface area (Å²) in [5, 5.41) is 2.75. The highest BCUT2D eigenvalue weighted by atomic mass is 32.2. The number of imide groups is 1. The Morgan fingerprint density at radius 3 is 2.62 bits per heavy atom. The third-order valence-corrected chi connectivity index (χ3v) is 8.05. The molecule has 3 unspecified atom stereocenters. The lowest BCUT2D eigenvalue weighted by Gasteiger charge is -2.36. The van der Waals surface area contributed by atoms with E-state index in [2.05, 4.69) is 5.32 Å². The molecular weight excluding hydrogens is 402 g/mol. The molecular formula is C18H27N3O7S. The predicted molar refractivity (Wildman–Crippen MR) is 101 cm³/mol. The van der Waals surface area contributed by atoms with Gasteiger partial charge in [0.15, 0.2) is 16.4 Å². The summed E-state index contributed by atoms with van der Waals surface area (Å²) in [6.07, 6.45) is 3.53. The number of esters is 1. The molecule has 1 N–H and O–H groups in total. The minimum atomic E-state index is -3.14. The van der Waals surface area contributed by atoms with Gasteiger partial charge in [0.1, 0.15) is 12.1 Å². The minimum absolute atomic E-state index is 0.0216. The number of hydrogen-bond donors (Lipinski definition) is 1. The molecule has 3 atom stereocenters. The number of nitrogens with zero attached hydrogens (tertiary/aromatic N) is 2. The zero-order valence-electron chi connectivity index (χ0n) is 16.7. The summed E-state index contributed by atoms with van der Waals surface area (Å²) in [4.78, 5) is 51.5. The van der Waals surface area contributed by atoms with E-state index in [1.165, 1.54) is 11.9 Å². The molecule has 0 aromatic carbocycles. The molecule has 1 aliphatic carbocycles. The molecule has 2 heterocycles. The number of sulfone groups is 1. The Labute approximate surface area is 169 Å². The minimum Gasteiger partial charge on any atom is -0.454 e. The molecule has 0 bridgehead atoms. The second kappa shape index (κ2) is 7.92. The molecule has 10 nitrogen and oxygen atoms in total. The number of likely N-dealkylation sites (N-methyl/N-ethyl adjacent to an activating group) is 1. The van der Waals surface area contributed by atoms with Gasteiger partial charge in [-0.1, -0.05) is 19.8 Å². The Morgan fingerprint density at radius 2 is 2.00 bits per heavy atom. The fourth-order valence-electron chi connectivity index (χ4n) is 4.34. The summed E-state index contributed by atoms with van der Waals surface area (Å²) >= 11 is 0. The van der Waals surface area contributed by atoms with Gasteiger partial charge < -0.3 is 15.0 Å². The van der Waals surface area contributed by atoms with Gasteiger partial charge in [0.25, 0.3) is 11.8 Å². The van der Waals surface area contributed by atoms with Crippen molar-refractivity contribution in [2.75, 3.05) is 31.7 Å². The normalized spacial score (nSPS) is 31.0. The van der Waals surface area contributed by atoms with Crippen molar-refractivity contribution in [2.45, 2.75) is 50.6 Å². The summed E-state index contributed by atoms with van der Waals surface area (Å²) < 4.78 is 28.0. The quantitative estimate of drug-likeness (QED) is 0.468. The van der Waals surface area contributed by atoms with E-state index >= 15 is 0 Å². The van der Waals surface area contributed by atoms with E-state index in [-0.39, 0.29) is 17.4 Å². The van der Waals surface area contributed by atoms with Crippen LogP contribution in [0, 0.1) is 5.92 Å². The summed E-state index contributed by atoms with van der Waals surface area (Å²) in [6.45, 7) is 0.780. The molecule has 0 aromatic heterocycles. The largest absolute Gasteiger partial charge is 0.454 e. The monoisotopic (exact) mass is 429 g/mol.